The smallest absolute Gasteiger partial charge is 0.328 e. The SMILES string of the molecule is C[C@]12C=CC(=O)C=C1CC[C@@H]1[C@@H]2CC[C@]2(C)C(=CC(=O)O)CC[C@@H]12. The Morgan fingerprint density at radius 1 is 1.21 bits per heavy atom. The van der Waals surface area contributed by atoms with E-state index in [1.807, 2.05) is 6.08 Å². The first-order valence-corrected chi connectivity index (χ1v) is 9.23. The lowest BCUT2D eigenvalue weighted by atomic mass is 9.48. The van der Waals surface area contributed by atoms with Crippen LogP contribution in [0.15, 0.2) is 35.5 Å². The summed E-state index contributed by atoms with van der Waals surface area (Å²) < 4.78 is 0. The first kappa shape index (κ1) is 15.9. The number of rotatable bonds is 1. The van der Waals surface area contributed by atoms with Gasteiger partial charge in [-0.3, -0.25) is 4.79 Å². The molecule has 3 heteroatoms. The highest BCUT2D eigenvalue weighted by atomic mass is 16.4. The van der Waals surface area contributed by atoms with Crippen LogP contribution in [0.25, 0.3) is 0 Å². The van der Waals surface area contributed by atoms with E-state index in [4.69, 9.17) is 0 Å². The van der Waals surface area contributed by atoms with Gasteiger partial charge in [0.2, 0.25) is 0 Å². The van der Waals surface area contributed by atoms with Crippen LogP contribution in [0, 0.1) is 28.6 Å². The third-order valence-corrected chi connectivity index (χ3v) is 7.70. The molecule has 0 aromatic carbocycles. The Morgan fingerprint density at radius 2 is 2.00 bits per heavy atom. The number of fused-ring (bicyclic) bond motifs is 5. The van der Waals surface area contributed by atoms with Gasteiger partial charge < -0.3 is 5.11 Å². The van der Waals surface area contributed by atoms with Gasteiger partial charge >= 0.3 is 5.97 Å². The largest absolute Gasteiger partial charge is 0.478 e. The van der Waals surface area contributed by atoms with Crippen LogP contribution >= 0.6 is 0 Å². The van der Waals surface area contributed by atoms with E-state index in [9.17, 15) is 14.7 Å². The molecule has 0 amide bonds. The molecule has 0 aliphatic heterocycles. The summed E-state index contributed by atoms with van der Waals surface area (Å²) in [5.74, 6) is 1.15. The molecule has 0 bridgehead atoms. The summed E-state index contributed by atoms with van der Waals surface area (Å²) in [4.78, 5) is 23.0. The Hall–Kier alpha value is -1.64. The van der Waals surface area contributed by atoms with Gasteiger partial charge in [-0.25, -0.2) is 4.79 Å². The third kappa shape index (κ3) is 2.09. The molecule has 3 fully saturated rings. The Labute approximate surface area is 143 Å². The molecule has 24 heavy (non-hydrogen) atoms. The number of carbonyl (C=O) groups excluding carboxylic acids is 1. The maximum Gasteiger partial charge on any atom is 0.328 e. The highest BCUT2D eigenvalue weighted by Crippen LogP contribution is 2.65. The van der Waals surface area contributed by atoms with Crippen LogP contribution in [0.3, 0.4) is 0 Å². The minimum Gasteiger partial charge on any atom is -0.478 e. The zero-order chi connectivity index (χ0) is 17.1. The van der Waals surface area contributed by atoms with Crippen molar-refractivity contribution in [2.24, 2.45) is 28.6 Å². The van der Waals surface area contributed by atoms with Crippen molar-refractivity contribution in [3.05, 3.63) is 35.5 Å². The summed E-state index contributed by atoms with van der Waals surface area (Å²) in [6.45, 7) is 4.60. The molecule has 0 radical (unpaired) electrons. The molecule has 3 saturated carbocycles. The molecule has 5 atom stereocenters. The molecule has 0 unspecified atom stereocenters. The molecule has 1 N–H and O–H groups in total. The van der Waals surface area contributed by atoms with Crippen LogP contribution in [0.1, 0.15) is 52.4 Å². The van der Waals surface area contributed by atoms with Crippen LogP contribution in [-0.2, 0) is 9.59 Å². The fourth-order valence-electron chi connectivity index (χ4n) is 6.43. The quantitative estimate of drug-likeness (QED) is 0.731. The van der Waals surface area contributed by atoms with Gasteiger partial charge in [-0.2, -0.15) is 0 Å². The van der Waals surface area contributed by atoms with Crippen molar-refractivity contribution in [1.82, 2.24) is 0 Å². The highest BCUT2D eigenvalue weighted by molar-refractivity contribution is 6.01. The van der Waals surface area contributed by atoms with Crippen molar-refractivity contribution in [2.75, 3.05) is 0 Å². The van der Waals surface area contributed by atoms with Gasteiger partial charge in [0.1, 0.15) is 0 Å². The molecule has 0 aromatic heterocycles. The van der Waals surface area contributed by atoms with Gasteiger partial charge in [0, 0.05) is 11.5 Å². The second-order valence-electron chi connectivity index (χ2n) is 8.61. The molecule has 4 rings (SSSR count). The second-order valence-corrected chi connectivity index (χ2v) is 8.61. The summed E-state index contributed by atoms with van der Waals surface area (Å²) in [6, 6.07) is 0. The van der Waals surface area contributed by atoms with Crippen molar-refractivity contribution in [1.29, 1.82) is 0 Å². The van der Waals surface area contributed by atoms with E-state index in [2.05, 4.69) is 19.9 Å². The molecule has 0 spiro atoms. The van der Waals surface area contributed by atoms with E-state index in [0.29, 0.717) is 17.8 Å². The average molecular weight is 326 g/mol. The number of carbonyl (C=O) groups is 2. The fraction of sp³-hybridized carbons (Fsp3) is 0.619. The summed E-state index contributed by atoms with van der Waals surface area (Å²) in [5.41, 5.74) is 2.56. The zero-order valence-electron chi connectivity index (χ0n) is 14.5. The van der Waals surface area contributed by atoms with Gasteiger partial charge in [-0.1, -0.05) is 31.1 Å². The number of allylic oxidation sites excluding steroid dienone is 5. The van der Waals surface area contributed by atoms with E-state index in [1.165, 1.54) is 11.6 Å². The molecule has 128 valence electrons. The number of hydrogen-bond acceptors (Lipinski definition) is 2. The van der Waals surface area contributed by atoms with Gasteiger partial charge in [-0.05, 0) is 73.8 Å². The highest BCUT2D eigenvalue weighted by Gasteiger charge is 2.56. The number of aliphatic carboxylic acids is 1. The number of hydrogen-bond donors (Lipinski definition) is 1. The lowest BCUT2D eigenvalue weighted by Gasteiger charge is -2.56. The Kier molecular flexibility index (Phi) is 3.42. The van der Waals surface area contributed by atoms with E-state index in [1.54, 1.807) is 6.08 Å². The Balaban J connectivity index is 1.68. The Bertz CT molecular complexity index is 698. The van der Waals surface area contributed by atoms with Crippen molar-refractivity contribution in [2.45, 2.75) is 52.4 Å². The third-order valence-electron chi connectivity index (χ3n) is 7.70. The van der Waals surface area contributed by atoms with Crippen molar-refractivity contribution >= 4 is 11.8 Å². The van der Waals surface area contributed by atoms with Gasteiger partial charge in [-0.15, -0.1) is 0 Å². The van der Waals surface area contributed by atoms with Crippen LogP contribution in [0.5, 0.6) is 0 Å². The molecular weight excluding hydrogens is 300 g/mol. The van der Waals surface area contributed by atoms with Crippen LogP contribution < -0.4 is 0 Å². The molecular formula is C21H26O3. The molecule has 0 heterocycles. The van der Waals surface area contributed by atoms with Gasteiger partial charge in [0.25, 0.3) is 0 Å². The first-order chi connectivity index (χ1) is 11.3. The molecule has 3 nitrogen and oxygen atoms in total. The topological polar surface area (TPSA) is 54.4 Å². The monoisotopic (exact) mass is 326 g/mol. The van der Waals surface area contributed by atoms with E-state index < -0.39 is 5.97 Å². The van der Waals surface area contributed by atoms with Gasteiger partial charge in [0.05, 0.1) is 0 Å². The maximum atomic E-state index is 11.8. The standard InChI is InChI=1S/C21H26O3/c1-20-9-7-15(22)11-13(20)3-5-16-17-6-4-14(12-19(23)24)21(17,2)10-8-18(16)20/h7,9,11-12,16-18H,3-6,8,10H2,1-2H3,(H,23,24)/t16-,17-,18-,20-,21+/m0/s1. The fourth-order valence-corrected chi connectivity index (χ4v) is 6.43. The van der Waals surface area contributed by atoms with Gasteiger partial charge in [0.15, 0.2) is 5.78 Å². The van der Waals surface area contributed by atoms with Crippen molar-refractivity contribution in [3.8, 4) is 0 Å². The average Bonchev–Trinajstić information content (AvgIpc) is 2.84. The van der Waals surface area contributed by atoms with Crippen LogP contribution in [0.4, 0.5) is 0 Å². The second kappa shape index (κ2) is 5.18. The van der Waals surface area contributed by atoms with E-state index in [0.717, 1.165) is 44.1 Å². The summed E-state index contributed by atoms with van der Waals surface area (Å²) in [7, 11) is 0. The van der Waals surface area contributed by atoms with Crippen LogP contribution in [-0.4, -0.2) is 16.9 Å². The molecule has 4 aliphatic carbocycles. The number of ketones is 1. The van der Waals surface area contributed by atoms with Crippen molar-refractivity contribution in [3.63, 3.8) is 0 Å². The van der Waals surface area contributed by atoms with Crippen molar-refractivity contribution < 1.29 is 14.7 Å². The lowest BCUT2D eigenvalue weighted by molar-refractivity contribution is -0.131. The van der Waals surface area contributed by atoms with E-state index in [-0.39, 0.29) is 16.6 Å². The first-order valence-electron chi connectivity index (χ1n) is 9.23. The zero-order valence-corrected chi connectivity index (χ0v) is 14.5. The lowest BCUT2D eigenvalue weighted by Crippen LogP contribution is -2.48. The minimum absolute atomic E-state index is 0.0252. The summed E-state index contributed by atoms with van der Waals surface area (Å²) >= 11 is 0. The predicted octanol–water partition coefficient (Wildman–Crippen LogP) is 4.31. The predicted molar refractivity (Wildman–Crippen MR) is 92.3 cm³/mol. The summed E-state index contributed by atoms with van der Waals surface area (Å²) in [5, 5.41) is 9.21. The van der Waals surface area contributed by atoms with E-state index >= 15 is 0 Å². The van der Waals surface area contributed by atoms with Crippen LogP contribution in [0.2, 0.25) is 0 Å². The molecule has 0 saturated heterocycles. The minimum atomic E-state index is -0.802. The number of carboxylic acid groups (broad SMARTS) is 1. The summed E-state index contributed by atoms with van der Waals surface area (Å²) in [6.07, 6.45) is 13.7. The molecule has 4 aliphatic rings. The normalized spacial score (nSPS) is 45.4. The maximum absolute atomic E-state index is 11.8. The molecule has 0 aromatic rings. The number of carboxylic acids is 1. The Morgan fingerprint density at radius 3 is 2.75 bits per heavy atom.